The normalized spacial score (nSPS) is 12.5. The molecule has 3 aromatic rings. The number of hydrogen-bond donors (Lipinski definition) is 1. The maximum Gasteiger partial charge on any atom is 0.263 e. The molecule has 0 saturated carbocycles. The summed E-state index contributed by atoms with van der Waals surface area (Å²) in [5.74, 6) is -0.114. The minimum atomic E-state index is -0.114. The van der Waals surface area contributed by atoms with E-state index in [1.165, 1.54) is 11.3 Å². The Hall–Kier alpha value is -1.36. The first kappa shape index (κ1) is 13.6. The largest absolute Gasteiger partial charge is 0.344 e. The molecular formula is C15H12ClNOS2. The lowest BCUT2D eigenvalue weighted by atomic mass is 10.2. The molecule has 3 rings (SSSR count). The average Bonchev–Trinajstić information content (AvgIpc) is 3.07. The maximum absolute atomic E-state index is 12.4. The number of rotatable bonds is 3. The first-order valence-electron chi connectivity index (χ1n) is 6.18. The molecule has 0 bridgehead atoms. The summed E-state index contributed by atoms with van der Waals surface area (Å²) >= 11 is 9.38. The Balaban J connectivity index is 1.87. The number of fused-ring (bicyclic) bond motifs is 1. The molecule has 1 N–H and O–H groups in total. The smallest absolute Gasteiger partial charge is 0.263 e. The van der Waals surface area contributed by atoms with E-state index in [2.05, 4.69) is 5.32 Å². The van der Waals surface area contributed by atoms with Crippen LogP contribution in [0.5, 0.6) is 0 Å². The van der Waals surface area contributed by atoms with Gasteiger partial charge in [0, 0.05) is 15.0 Å². The van der Waals surface area contributed by atoms with Gasteiger partial charge in [0.15, 0.2) is 0 Å². The number of carbonyl (C=O) groups is 1. The number of halogens is 1. The summed E-state index contributed by atoms with van der Waals surface area (Å²) < 4.78 is 1.03. The lowest BCUT2D eigenvalue weighted by molar-refractivity contribution is 0.0945. The van der Waals surface area contributed by atoms with Gasteiger partial charge in [-0.1, -0.05) is 35.9 Å². The molecular weight excluding hydrogens is 310 g/mol. The minimum absolute atomic E-state index is 0.0104. The van der Waals surface area contributed by atoms with Gasteiger partial charge < -0.3 is 5.32 Å². The molecule has 0 aliphatic rings. The molecule has 1 unspecified atom stereocenters. The molecule has 5 heteroatoms. The van der Waals surface area contributed by atoms with Crippen LogP contribution >= 0.6 is 34.3 Å². The summed E-state index contributed by atoms with van der Waals surface area (Å²) in [4.78, 5) is 14.1. The molecule has 0 radical (unpaired) electrons. The molecule has 2 nitrogen and oxygen atoms in total. The van der Waals surface area contributed by atoms with Crippen molar-refractivity contribution in [3.8, 4) is 0 Å². The third kappa shape index (κ3) is 2.46. The number of hydrogen-bond acceptors (Lipinski definition) is 3. The van der Waals surface area contributed by atoms with E-state index in [4.69, 9.17) is 11.6 Å². The van der Waals surface area contributed by atoms with Gasteiger partial charge in [0.25, 0.3) is 5.91 Å². The summed E-state index contributed by atoms with van der Waals surface area (Å²) in [5.41, 5.74) is 0. The van der Waals surface area contributed by atoms with Gasteiger partial charge in [0.05, 0.1) is 11.1 Å². The Kier molecular flexibility index (Phi) is 3.78. The highest BCUT2D eigenvalue weighted by atomic mass is 35.5. The molecule has 20 heavy (non-hydrogen) atoms. The van der Waals surface area contributed by atoms with E-state index in [-0.39, 0.29) is 11.9 Å². The number of carbonyl (C=O) groups excluding carboxylic acids is 1. The highest BCUT2D eigenvalue weighted by molar-refractivity contribution is 7.21. The van der Waals surface area contributed by atoms with Crippen molar-refractivity contribution >= 4 is 50.3 Å². The van der Waals surface area contributed by atoms with E-state index in [1.54, 1.807) is 11.3 Å². The number of nitrogens with one attached hydrogen (secondary N) is 1. The van der Waals surface area contributed by atoms with E-state index in [0.717, 1.165) is 15.0 Å². The van der Waals surface area contributed by atoms with E-state index >= 15 is 0 Å². The molecule has 2 heterocycles. The molecule has 0 saturated heterocycles. The first-order chi connectivity index (χ1) is 9.66. The monoisotopic (exact) mass is 321 g/mol. The number of thiophene rings is 2. The molecule has 1 aromatic carbocycles. The summed E-state index contributed by atoms with van der Waals surface area (Å²) in [5, 5.41) is 6.48. The van der Waals surface area contributed by atoms with Crippen LogP contribution in [0.15, 0.2) is 41.8 Å². The molecule has 1 amide bonds. The fourth-order valence-corrected chi connectivity index (χ4v) is 4.19. The second-order valence-corrected chi connectivity index (χ2v) is 6.86. The lowest BCUT2D eigenvalue weighted by Crippen LogP contribution is -2.25. The van der Waals surface area contributed by atoms with Crippen LogP contribution < -0.4 is 5.32 Å². The van der Waals surface area contributed by atoms with Crippen molar-refractivity contribution in [1.29, 1.82) is 0 Å². The topological polar surface area (TPSA) is 29.1 Å². The highest BCUT2D eigenvalue weighted by Gasteiger charge is 2.19. The third-order valence-electron chi connectivity index (χ3n) is 3.06. The fraction of sp³-hybridized carbons (Fsp3) is 0.133. The lowest BCUT2D eigenvalue weighted by Gasteiger charge is -2.11. The second-order valence-electron chi connectivity index (χ2n) is 4.45. The first-order valence-corrected chi connectivity index (χ1v) is 8.25. The van der Waals surface area contributed by atoms with Crippen molar-refractivity contribution in [2.75, 3.05) is 0 Å². The van der Waals surface area contributed by atoms with E-state index in [1.807, 2.05) is 48.7 Å². The van der Waals surface area contributed by atoms with Gasteiger partial charge >= 0.3 is 0 Å². The van der Waals surface area contributed by atoms with Crippen LogP contribution in [0.2, 0.25) is 5.02 Å². The molecule has 1 atom stereocenters. The van der Waals surface area contributed by atoms with E-state index in [9.17, 15) is 4.79 Å². The van der Waals surface area contributed by atoms with Gasteiger partial charge in [-0.15, -0.1) is 22.7 Å². The molecule has 0 fully saturated rings. The van der Waals surface area contributed by atoms with Crippen molar-refractivity contribution in [3.63, 3.8) is 0 Å². The predicted octanol–water partition coefficient (Wildman–Crippen LogP) is 5.11. The third-order valence-corrected chi connectivity index (χ3v) is 5.79. The number of benzene rings is 1. The summed E-state index contributed by atoms with van der Waals surface area (Å²) in [6.07, 6.45) is 0. The van der Waals surface area contributed by atoms with Crippen LogP contribution in [0.4, 0.5) is 0 Å². The van der Waals surface area contributed by atoms with Crippen molar-refractivity contribution in [1.82, 2.24) is 5.32 Å². The SMILES string of the molecule is CC(NC(=O)c1sc2ccccc2c1Cl)c1cccs1. The van der Waals surface area contributed by atoms with Crippen LogP contribution in [0.1, 0.15) is 27.5 Å². The summed E-state index contributed by atoms with van der Waals surface area (Å²) in [6, 6.07) is 11.8. The van der Waals surface area contributed by atoms with Gasteiger partial charge in [0.2, 0.25) is 0 Å². The highest BCUT2D eigenvalue weighted by Crippen LogP contribution is 2.35. The van der Waals surface area contributed by atoms with Crippen LogP contribution in [0.25, 0.3) is 10.1 Å². The summed E-state index contributed by atoms with van der Waals surface area (Å²) in [6.45, 7) is 1.98. The molecule has 0 aliphatic carbocycles. The Morgan fingerprint density at radius 3 is 2.75 bits per heavy atom. The fourth-order valence-electron chi connectivity index (χ4n) is 2.03. The van der Waals surface area contributed by atoms with Gasteiger partial charge in [0.1, 0.15) is 4.88 Å². The Morgan fingerprint density at radius 1 is 1.25 bits per heavy atom. The quantitative estimate of drug-likeness (QED) is 0.713. The van der Waals surface area contributed by atoms with Crippen LogP contribution in [0, 0.1) is 0 Å². The Morgan fingerprint density at radius 2 is 2.05 bits per heavy atom. The summed E-state index contributed by atoms with van der Waals surface area (Å²) in [7, 11) is 0. The van der Waals surface area contributed by atoms with Gasteiger partial charge in [-0.25, -0.2) is 0 Å². The van der Waals surface area contributed by atoms with E-state index < -0.39 is 0 Å². The molecule has 102 valence electrons. The predicted molar refractivity (Wildman–Crippen MR) is 87.0 cm³/mol. The Bertz CT molecular complexity index is 748. The van der Waals surface area contributed by atoms with Crippen molar-refractivity contribution in [2.45, 2.75) is 13.0 Å². The van der Waals surface area contributed by atoms with Crippen LogP contribution in [0.3, 0.4) is 0 Å². The van der Waals surface area contributed by atoms with Crippen molar-refractivity contribution < 1.29 is 4.79 Å². The second kappa shape index (κ2) is 5.56. The van der Waals surface area contributed by atoms with Crippen LogP contribution in [-0.2, 0) is 0 Å². The zero-order valence-electron chi connectivity index (χ0n) is 10.7. The standard InChI is InChI=1S/C15H12ClNOS2/c1-9(11-7-4-8-19-11)17-15(18)14-13(16)10-5-2-3-6-12(10)20-14/h2-9H,1H3,(H,17,18). The average molecular weight is 322 g/mol. The van der Waals surface area contributed by atoms with Crippen molar-refractivity contribution in [2.24, 2.45) is 0 Å². The van der Waals surface area contributed by atoms with Gasteiger partial charge in [-0.3, -0.25) is 4.79 Å². The number of amides is 1. The van der Waals surface area contributed by atoms with Gasteiger partial charge in [-0.05, 0) is 24.4 Å². The maximum atomic E-state index is 12.4. The molecule has 0 aliphatic heterocycles. The zero-order chi connectivity index (χ0) is 14.1. The van der Waals surface area contributed by atoms with Gasteiger partial charge in [-0.2, -0.15) is 0 Å². The minimum Gasteiger partial charge on any atom is -0.344 e. The van der Waals surface area contributed by atoms with Crippen LogP contribution in [-0.4, -0.2) is 5.91 Å². The molecule has 2 aromatic heterocycles. The Labute approximate surface area is 130 Å². The van der Waals surface area contributed by atoms with Crippen molar-refractivity contribution in [3.05, 3.63) is 56.6 Å². The van der Waals surface area contributed by atoms with E-state index in [0.29, 0.717) is 9.90 Å². The molecule has 0 spiro atoms. The zero-order valence-corrected chi connectivity index (χ0v) is 13.1.